The van der Waals surface area contributed by atoms with E-state index in [1.165, 1.54) is 0 Å². The van der Waals surface area contributed by atoms with Gasteiger partial charge in [-0.25, -0.2) is 0 Å². The normalized spacial score (nSPS) is 0. The fourth-order valence-electron chi connectivity index (χ4n) is 0. The largest absolute Gasteiger partial charge is 1.00 e. The fourth-order valence-corrected chi connectivity index (χ4v) is 0. The molecule has 0 atom stereocenters. The van der Waals surface area contributed by atoms with E-state index in [4.69, 9.17) is 0 Å². The molecule has 0 aliphatic carbocycles. The zero-order valence-electron chi connectivity index (χ0n) is 7.47. The van der Waals surface area contributed by atoms with Crippen LogP contribution in [0.25, 0.3) is 0 Å². The first-order valence-electron chi connectivity index (χ1n) is 0. The quantitative estimate of drug-likeness (QED) is 0.367. The van der Waals surface area contributed by atoms with Gasteiger partial charge >= 0.3 is 0 Å². The summed E-state index contributed by atoms with van der Waals surface area (Å²) in [4.78, 5) is 0. The summed E-state index contributed by atoms with van der Waals surface area (Å²) in [6, 6.07) is 0. The van der Waals surface area contributed by atoms with Gasteiger partial charge in [-0.15, -0.1) is 0 Å². The van der Waals surface area contributed by atoms with Crippen LogP contribution in [0.5, 0.6) is 0 Å². The Balaban J connectivity index is 0. The molecule has 108 valence electrons. The molecule has 0 amide bonds. The summed E-state index contributed by atoms with van der Waals surface area (Å²) in [6.07, 6.45) is 0. The Bertz CT molecular complexity index is 22.7. The van der Waals surface area contributed by atoms with Gasteiger partial charge in [0.2, 0.25) is 0 Å². The Kier molecular flexibility index (Phi) is 36500. The maximum Gasteiger partial charge on any atom is 0 e. The minimum Gasteiger partial charge on any atom is -1.00 e. The molecule has 0 bridgehead atoms. The van der Waals surface area contributed by atoms with E-state index in [1.54, 1.807) is 0 Å². The zero-order valence-corrected chi connectivity index (χ0v) is 14.4. The third-order valence-electron chi connectivity index (χ3n) is 0. The molecule has 0 aliphatic heterocycles. The van der Waals surface area contributed by atoms with Gasteiger partial charge in [-0.1, -0.05) is 0 Å². The average Bonchev–Trinajstić information content (AvgIpc) is 0. The Morgan fingerprint density at radius 3 is 0.188 bits per heavy atom. The molecule has 12 radical (unpaired) electrons. The number of halogens is 3. The first-order chi connectivity index (χ1) is 0. The van der Waals surface area contributed by atoms with Crippen LogP contribution in [0, 0.1) is 0 Å². The van der Waals surface area contributed by atoms with Gasteiger partial charge in [0.05, 0.1) is 0 Å². The molecule has 16 heteroatoms. The smallest absolute Gasteiger partial charge is 0 e. The summed E-state index contributed by atoms with van der Waals surface area (Å²) >= 11 is 0. The molecule has 0 aliphatic rings. The van der Waals surface area contributed by atoms with Crippen molar-refractivity contribution in [2.24, 2.45) is 0 Å². The second-order valence-corrected chi connectivity index (χ2v) is 0. The Morgan fingerprint density at radius 1 is 0.188 bits per heavy atom. The minimum absolute atomic E-state index is 0. The Hall–Kier alpha value is 2.64. The van der Waals surface area contributed by atoms with E-state index < -0.39 is 0 Å². The molecule has 0 spiro atoms. The molecule has 0 fully saturated rings. The Morgan fingerprint density at radius 2 is 0.188 bits per heavy atom. The second-order valence-electron chi connectivity index (χ2n) is 0. The van der Waals surface area contributed by atoms with Crippen molar-refractivity contribution in [1.82, 2.24) is 0 Å². The number of rotatable bonds is 0. The second kappa shape index (κ2) is 701. The summed E-state index contributed by atoms with van der Waals surface area (Å²) in [6.45, 7) is 0. The highest BCUT2D eigenvalue weighted by atomic mass is 35.5. The van der Waals surface area contributed by atoms with E-state index in [-0.39, 0.29) is 156 Å². The van der Waals surface area contributed by atoms with Gasteiger partial charge in [0.25, 0.3) is 0 Å². The highest BCUT2D eigenvalue weighted by molar-refractivity contribution is 5.76. The van der Waals surface area contributed by atoms with Gasteiger partial charge in [-0.2, -0.15) is 0 Å². The summed E-state index contributed by atoms with van der Waals surface area (Å²) in [7, 11) is 0. The summed E-state index contributed by atoms with van der Waals surface area (Å²) < 4.78 is 0. The van der Waals surface area contributed by atoms with Crippen LogP contribution in [0.4, 0.5) is 0 Å². The molecule has 9 nitrogen and oxygen atoms in total. The molecule has 0 saturated carbocycles. The Labute approximate surface area is 155 Å². The molecule has 0 heterocycles. The lowest BCUT2D eigenvalue weighted by atomic mass is 16.0. The molecule has 16 heavy (non-hydrogen) atoms. The predicted octanol–water partition coefficient (Wildman–Crippen LogP) is -12.1. The topological polar surface area (TPSA) is 270 Å². The fraction of sp³-hybridized carbons (Fsp3) is 0. The summed E-state index contributed by atoms with van der Waals surface area (Å²) in [5.74, 6) is 0. The van der Waals surface area contributed by atoms with Crippen molar-refractivity contribution in [2.45, 2.75) is 0 Å². The van der Waals surface area contributed by atoms with Crippen LogP contribution in [-0.2, 0) is 0 Å². The predicted molar refractivity (Wildman–Crippen MR) is 40.4 cm³/mol. The molecule has 0 unspecified atom stereocenters. The SMILES string of the molecule is [Al].[Al].[Al].[Al].[Cl-].[Cl-].[Cl-].[OH-].[OH-].[OH-].[OH-].[OH-].[OH-].[OH-].[OH-].[OH-]. The zero-order chi connectivity index (χ0) is 0. The monoisotopic (exact) mass is 366 g/mol. The molecular weight excluding hydrogens is 358 g/mol. The van der Waals surface area contributed by atoms with Crippen LogP contribution >= 0.6 is 0 Å². The van der Waals surface area contributed by atoms with Crippen LogP contribution in [0.2, 0.25) is 0 Å². The van der Waals surface area contributed by atoms with E-state index in [0.29, 0.717) is 0 Å². The minimum atomic E-state index is 0. The van der Waals surface area contributed by atoms with Crippen molar-refractivity contribution in [2.75, 3.05) is 0 Å². The maximum absolute atomic E-state index is 0. The van der Waals surface area contributed by atoms with Crippen molar-refractivity contribution < 1.29 is 86.5 Å². The number of hydrogen-bond acceptors (Lipinski definition) is 9. The van der Waals surface area contributed by atoms with Crippen molar-refractivity contribution in [1.29, 1.82) is 0 Å². The van der Waals surface area contributed by atoms with Crippen LogP contribution < -0.4 is 37.2 Å². The van der Waals surface area contributed by atoms with Gasteiger partial charge in [0.15, 0.2) is 0 Å². The van der Waals surface area contributed by atoms with Crippen molar-refractivity contribution >= 4 is 69.4 Å². The summed E-state index contributed by atoms with van der Waals surface area (Å²) in [5.41, 5.74) is 0. The third kappa shape index (κ3) is 584. The van der Waals surface area contributed by atoms with E-state index in [9.17, 15) is 0 Å². The van der Waals surface area contributed by atoms with Crippen molar-refractivity contribution in [3.05, 3.63) is 0 Å². The van der Waals surface area contributed by atoms with Crippen LogP contribution in [0.15, 0.2) is 0 Å². The molecule has 9 N–H and O–H groups in total. The molecule has 0 aromatic rings. The standard InChI is InChI=1S/4Al.3ClH.9H2O/h;;;;3*1H;9*1H2/p-12. The van der Waals surface area contributed by atoms with E-state index in [1.807, 2.05) is 0 Å². The highest BCUT2D eigenvalue weighted by Crippen LogP contribution is -0.281. The first-order valence-corrected chi connectivity index (χ1v) is 0. The lowest BCUT2D eigenvalue weighted by Gasteiger charge is -1.00. The molecule has 0 rings (SSSR count). The van der Waals surface area contributed by atoms with Gasteiger partial charge < -0.3 is 86.5 Å². The van der Waals surface area contributed by atoms with Gasteiger partial charge in [0, 0.05) is 69.4 Å². The van der Waals surface area contributed by atoms with E-state index >= 15 is 0 Å². The first kappa shape index (κ1) is 832. The average molecular weight is 367 g/mol. The van der Waals surface area contributed by atoms with Crippen molar-refractivity contribution in [3.63, 3.8) is 0 Å². The molecular formula is H9Al4Cl3O9-12. The molecule has 0 aromatic carbocycles. The molecule has 0 saturated heterocycles. The van der Waals surface area contributed by atoms with Crippen LogP contribution in [-0.4, -0.2) is 119 Å². The van der Waals surface area contributed by atoms with Gasteiger partial charge in [-0.05, 0) is 0 Å². The number of hydrogen-bond donors (Lipinski definition) is 0. The van der Waals surface area contributed by atoms with Gasteiger partial charge in [0.1, 0.15) is 0 Å². The lowest BCUT2D eigenvalue weighted by Crippen LogP contribution is -3.00. The van der Waals surface area contributed by atoms with Crippen LogP contribution in [0.1, 0.15) is 0 Å². The maximum atomic E-state index is 0. The molecule has 0 aromatic heterocycles. The van der Waals surface area contributed by atoms with Gasteiger partial charge in [-0.3, -0.25) is 0 Å². The highest BCUT2D eigenvalue weighted by Gasteiger charge is 0.00305. The van der Waals surface area contributed by atoms with Crippen LogP contribution in [0.3, 0.4) is 0 Å². The summed E-state index contributed by atoms with van der Waals surface area (Å²) in [5, 5.41) is 0. The van der Waals surface area contributed by atoms with Crippen molar-refractivity contribution in [3.8, 4) is 0 Å². The van der Waals surface area contributed by atoms with E-state index in [2.05, 4.69) is 0 Å². The lowest BCUT2D eigenvalue weighted by molar-refractivity contribution is -0.00100. The third-order valence-corrected chi connectivity index (χ3v) is 0. The van der Waals surface area contributed by atoms with E-state index in [0.717, 1.165) is 0 Å².